The van der Waals surface area contributed by atoms with Gasteiger partial charge in [-0.3, -0.25) is 4.79 Å². The molecule has 0 saturated heterocycles. The first-order valence-corrected chi connectivity index (χ1v) is 11.6. The zero-order chi connectivity index (χ0) is 21.3. The van der Waals surface area contributed by atoms with Crippen molar-refractivity contribution in [3.8, 4) is 0 Å². The van der Waals surface area contributed by atoms with Gasteiger partial charge in [0.25, 0.3) is 0 Å². The summed E-state index contributed by atoms with van der Waals surface area (Å²) in [4.78, 5) is 23.5. The van der Waals surface area contributed by atoms with E-state index in [-0.39, 0.29) is 18.6 Å². The molecule has 0 aromatic rings. The number of carbonyl (C=O) groups excluding carboxylic acids is 1. The minimum absolute atomic E-state index is 0.120. The van der Waals surface area contributed by atoms with Crippen LogP contribution in [0.3, 0.4) is 0 Å². The van der Waals surface area contributed by atoms with Crippen molar-refractivity contribution in [1.82, 2.24) is 0 Å². The minimum Gasteiger partial charge on any atom is -0.480 e. The average Bonchev–Trinajstić information content (AvgIpc) is 2.65. The van der Waals surface area contributed by atoms with E-state index in [2.05, 4.69) is 13.8 Å². The first-order valence-electron chi connectivity index (χ1n) is 11.6. The predicted molar refractivity (Wildman–Crippen MR) is 117 cm³/mol. The van der Waals surface area contributed by atoms with Crippen LogP contribution >= 0.6 is 0 Å². The van der Waals surface area contributed by atoms with Crippen molar-refractivity contribution in [2.24, 2.45) is 17.4 Å². The van der Waals surface area contributed by atoms with Gasteiger partial charge in [-0.2, -0.15) is 0 Å². The molecule has 0 aliphatic carbocycles. The van der Waals surface area contributed by atoms with Crippen LogP contribution in [0.5, 0.6) is 0 Å². The highest BCUT2D eigenvalue weighted by Crippen LogP contribution is 2.17. The molecule has 0 aromatic carbocycles. The molecular formula is C23H46N2O3. The van der Waals surface area contributed by atoms with E-state index in [1.54, 1.807) is 0 Å². The number of ketones is 1. The summed E-state index contributed by atoms with van der Waals surface area (Å²) in [5.41, 5.74) is 9.48. The van der Waals surface area contributed by atoms with Crippen LogP contribution in [0, 0.1) is 5.92 Å². The summed E-state index contributed by atoms with van der Waals surface area (Å²) in [6, 6.07) is 0. The Balaban J connectivity index is 3.56. The summed E-state index contributed by atoms with van der Waals surface area (Å²) in [5, 5.41) is 9.27. The Morgan fingerprint density at radius 3 is 1.61 bits per heavy atom. The molecule has 5 N–H and O–H groups in total. The number of nitrogens with two attached hydrogens (primary N) is 2. The molecule has 166 valence electrons. The van der Waals surface area contributed by atoms with Gasteiger partial charge in [0.15, 0.2) is 11.3 Å². The van der Waals surface area contributed by atoms with E-state index in [4.69, 9.17) is 11.5 Å². The molecule has 0 spiro atoms. The standard InChI is InChI=1S/C23H46N2O3/c1-20(2)16-13-11-9-7-5-3-4-6-8-10-12-14-17-21(26)23(25,22(27)28)18-15-19-24/h20H,3-19,24-25H2,1-2H3,(H,27,28)/t23-/m1/s1. The summed E-state index contributed by atoms with van der Waals surface area (Å²) >= 11 is 0. The van der Waals surface area contributed by atoms with Gasteiger partial charge in [0, 0.05) is 6.42 Å². The first kappa shape index (κ1) is 27.1. The Morgan fingerprint density at radius 1 is 0.786 bits per heavy atom. The topological polar surface area (TPSA) is 106 Å². The summed E-state index contributed by atoms with van der Waals surface area (Å²) < 4.78 is 0. The molecule has 1 atom stereocenters. The quantitative estimate of drug-likeness (QED) is 0.193. The summed E-state index contributed by atoms with van der Waals surface area (Å²) in [5.74, 6) is -0.753. The lowest BCUT2D eigenvalue weighted by atomic mass is 9.87. The number of Topliss-reactive ketones (excluding diaryl/α,β-unsaturated/α-hetero) is 1. The van der Waals surface area contributed by atoms with E-state index in [1.807, 2.05) is 0 Å². The lowest BCUT2D eigenvalue weighted by molar-refractivity contribution is -0.148. The SMILES string of the molecule is CC(C)CCCCCCCCCCCCCCC(=O)[C@](N)(CCCN)C(=O)O. The number of hydrogen-bond donors (Lipinski definition) is 3. The van der Waals surface area contributed by atoms with E-state index in [1.165, 1.54) is 64.2 Å². The molecule has 28 heavy (non-hydrogen) atoms. The van der Waals surface area contributed by atoms with Crippen LogP contribution < -0.4 is 11.5 Å². The van der Waals surface area contributed by atoms with E-state index in [0.29, 0.717) is 13.0 Å². The molecule has 5 nitrogen and oxygen atoms in total. The van der Waals surface area contributed by atoms with Gasteiger partial charge < -0.3 is 16.6 Å². The van der Waals surface area contributed by atoms with Crippen LogP contribution in [-0.4, -0.2) is 28.9 Å². The molecule has 0 aliphatic rings. The zero-order valence-electron chi connectivity index (χ0n) is 18.5. The van der Waals surface area contributed by atoms with Crippen LogP contribution in [0.2, 0.25) is 0 Å². The third-order valence-electron chi connectivity index (χ3n) is 5.59. The Hall–Kier alpha value is -0.940. The van der Waals surface area contributed by atoms with Gasteiger partial charge in [0.2, 0.25) is 0 Å². The molecule has 0 saturated carbocycles. The van der Waals surface area contributed by atoms with Crippen LogP contribution in [0.15, 0.2) is 0 Å². The van der Waals surface area contributed by atoms with Crippen molar-refractivity contribution in [2.75, 3.05) is 6.54 Å². The molecule has 0 aromatic heterocycles. The van der Waals surface area contributed by atoms with E-state index in [0.717, 1.165) is 25.2 Å². The summed E-state index contributed by atoms with van der Waals surface area (Å²) in [6.07, 6.45) is 16.9. The predicted octanol–water partition coefficient (Wildman–Crippen LogP) is 5.19. The first-order chi connectivity index (χ1) is 13.3. The third kappa shape index (κ3) is 13.3. The minimum atomic E-state index is -1.76. The smallest absolute Gasteiger partial charge is 0.331 e. The van der Waals surface area contributed by atoms with Crippen molar-refractivity contribution < 1.29 is 14.7 Å². The van der Waals surface area contributed by atoms with Gasteiger partial charge in [-0.15, -0.1) is 0 Å². The maximum Gasteiger partial charge on any atom is 0.331 e. The Bertz CT molecular complexity index is 413. The molecule has 0 bridgehead atoms. The lowest BCUT2D eigenvalue weighted by Gasteiger charge is -2.22. The van der Waals surface area contributed by atoms with Gasteiger partial charge in [0.05, 0.1) is 0 Å². The fourth-order valence-corrected chi connectivity index (χ4v) is 3.58. The Kier molecular flexibility index (Phi) is 16.4. The molecule has 0 rings (SSSR count). The number of aliphatic carboxylic acids is 1. The van der Waals surface area contributed by atoms with Crippen LogP contribution in [0.4, 0.5) is 0 Å². The van der Waals surface area contributed by atoms with Crippen LogP contribution in [-0.2, 0) is 9.59 Å². The zero-order valence-corrected chi connectivity index (χ0v) is 18.5. The lowest BCUT2D eigenvalue weighted by Crippen LogP contribution is -2.55. The van der Waals surface area contributed by atoms with Gasteiger partial charge in [0.1, 0.15) is 0 Å². The highest BCUT2D eigenvalue weighted by atomic mass is 16.4. The highest BCUT2D eigenvalue weighted by Gasteiger charge is 2.40. The van der Waals surface area contributed by atoms with Crippen molar-refractivity contribution in [3.63, 3.8) is 0 Å². The van der Waals surface area contributed by atoms with Crippen molar-refractivity contribution in [3.05, 3.63) is 0 Å². The average molecular weight is 399 g/mol. The molecule has 0 unspecified atom stereocenters. The van der Waals surface area contributed by atoms with Crippen molar-refractivity contribution in [1.29, 1.82) is 0 Å². The largest absolute Gasteiger partial charge is 0.480 e. The van der Waals surface area contributed by atoms with Gasteiger partial charge in [-0.1, -0.05) is 90.9 Å². The van der Waals surface area contributed by atoms with Crippen LogP contribution in [0.1, 0.15) is 117 Å². The number of unbranched alkanes of at least 4 members (excludes halogenated alkanes) is 11. The monoisotopic (exact) mass is 398 g/mol. The Labute approximate surface area is 173 Å². The molecule has 0 heterocycles. The molecule has 5 heteroatoms. The van der Waals surface area contributed by atoms with Crippen LogP contribution in [0.25, 0.3) is 0 Å². The number of hydrogen-bond acceptors (Lipinski definition) is 4. The van der Waals surface area contributed by atoms with E-state index >= 15 is 0 Å². The van der Waals surface area contributed by atoms with Crippen molar-refractivity contribution in [2.45, 2.75) is 122 Å². The molecule has 0 aliphatic heterocycles. The summed E-state index contributed by atoms with van der Waals surface area (Å²) in [6.45, 7) is 4.93. The molecule has 0 amide bonds. The van der Waals surface area contributed by atoms with Gasteiger partial charge in [-0.25, -0.2) is 4.79 Å². The second kappa shape index (κ2) is 17.0. The fraction of sp³-hybridized carbons (Fsp3) is 0.913. The number of carbonyl (C=O) groups is 2. The number of rotatable bonds is 20. The molecule has 0 radical (unpaired) electrons. The van der Waals surface area contributed by atoms with Gasteiger partial charge in [-0.05, 0) is 31.7 Å². The Morgan fingerprint density at radius 2 is 1.21 bits per heavy atom. The maximum atomic E-state index is 12.2. The number of carboxylic acids is 1. The second-order valence-corrected chi connectivity index (χ2v) is 8.77. The summed E-state index contributed by atoms with van der Waals surface area (Å²) in [7, 11) is 0. The third-order valence-corrected chi connectivity index (χ3v) is 5.59. The fourth-order valence-electron chi connectivity index (χ4n) is 3.58. The van der Waals surface area contributed by atoms with E-state index in [9.17, 15) is 14.7 Å². The second-order valence-electron chi connectivity index (χ2n) is 8.77. The number of carboxylic acid groups (broad SMARTS) is 1. The maximum absolute atomic E-state index is 12.2. The normalized spacial score (nSPS) is 13.6. The molecular weight excluding hydrogens is 352 g/mol. The van der Waals surface area contributed by atoms with E-state index < -0.39 is 11.5 Å². The van der Waals surface area contributed by atoms with Crippen molar-refractivity contribution >= 4 is 11.8 Å². The highest BCUT2D eigenvalue weighted by molar-refractivity contribution is 6.07. The molecule has 0 fully saturated rings. The van der Waals surface area contributed by atoms with Gasteiger partial charge >= 0.3 is 5.97 Å².